The van der Waals surface area contributed by atoms with E-state index in [1.54, 1.807) is 0 Å². The first kappa shape index (κ1) is 17.1. The van der Waals surface area contributed by atoms with Gasteiger partial charge in [-0.05, 0) is 48.7 Å². The zero-order valence-corrected chi connectivity index (χ0v) is 15.9. The molecular formula is C19H19BrN2OS. The van der Waals surface area contributed by atoms with Gasteiger partial charge in [-0.15, -0.1) is 0 Å². The third-order valence-corrected chi connectivity index (χ3v) is 5.28. The number of halogens is 1. The topological polar surface area (TPSA) is 42.0 Å². The van der Waals surface area contributed by atoms with Crippen molar-refractivity contribution in [3.8, 4) is 0 Å². The average molecular weight is 403 g/mol. The Balaban J connectivity index is 1.67. The SMILES string of the molecule is CCCCCc1ccc(C(=O)Nc2nc3ccc(Br)cc3s2)cc1. The van der Waals surface area contributed by atoms with Crippen LogP contribution in [0.4, 0.5) is 5.13 Å². The Morgan fingerprint density at radius 2 is 1.96 bits per heavy atom. The first-order chi connectivity index (χ1) is 11.7. The molecular weight excluding hydrogens is 384 g/mol. The second-order valence-corrected chi connectivity index (χ2v) is 7.69. The third kappa shape index (κ3) is 4.22. The molecule has 1 aromatic heterocycles. The Bertz CT molecular complexity index is 842. The van der Waals surface area contributed by atoms with Gasteiger partial charge in [-0.3, -0.25) is 10.1 Å². The van der Waals surface area contributed by atoms with Crippen molar-refractivity contribution < 1.29 is 4.79 Å². The van der Waals surface area contributed by atoms with E-state index in [9.17, 15) is 4.79 Å². The lowest BCUT2D eigenvalue weighted by atomic mass is 10.1. The van der Waals surface area contributed by atoms with Gasteiger partial charge in [-0.25, -0.2) is 4.98 Å². The van der Waals surface area contributed by atoms with E-state index < -0.39 is 0 Å². The molecule has 124 valence electrons. The van der Waals surface area contributed by atoms with Crippen molar-refractivity contribution in [3.05, 3.63) is 58.1 Å². The highest BCUT2D eigenvalue weighted by Crippen LogP contribution is 2.28. The number of amides is 1. The second kappa shape index (κ2) is 7.90. The van der Waals surface area contributed by atoms with E-state index in [4.69, 9.17) is 0 Å². The molecule has 0 bridgehead atoms. The summed E-state index contributed by atoms with van der Waals surface area (Å²) in [6.07, 6.45) is 4.74. The minimum atomic E-state index is -0.117. The zero-order valence-electron chi connectivity index (χ0n) is 13.5. The van der Waals surface area contributed by atoms with Crippen LogP contribution in [0.3, 0.4) is 0 Å². The number of rotatable bonds is 6. The number of thiazole rings is 1. The number of fused-ring (bicyclic) bond motifs is 1. The monoisotopic (exact) mass is 402 g/mol. The first-order valence-electron chi connectivity index (χ1n) is 8.12. The molecule has 0 saturated heterocycles. The van der Waals surface area contributed by atoms with E-state index >= 15 is 0 Å². The van der Waals surface area contributed by atoms with Crippen molar-refractivity contribution in [3.63, 3.8) is 0 Å². The second-order valence-electron chi connectivity index (χ2n) is 5.74. The highest BCUT2D eigenvalue weighted by atomic mass is 79.9. The fourth-order valence-electron chi connectivity index (χ4n) is 2.52. The van der Waals surface area contributed by atoms with Crippen LogP contribution in [0, 0.1) is 0 Å². The summed E-state index contributed by atoms with van der Waals surface area (Å²) >= 11 is 4.93. The van der Waals surface area contributed by atoms with Crippen molar-refractivity contribution in [2.45, 2.75) is 32.6 Å². The fraction of sp³-hybridized carbons (Fsp3) is 0.263. The number of hydrogen-bond donors (Lipinski definition) is 1. The van der Waals surface area contributed by atoms with Crippen LogP contribution in [0.15, 0.2) is 46.9 Å². The molecule has 0 aliphatic rings. The maximum Gasteiger partial charge on any atom is 0.257 e. The van der Waals surface area contributed by atoms with Crippen LogP contribution in [-0.2, 0) is 6.42 Å². The highest BCUT2D eigenvalue weighted by Gasteiger charge is 2.10. The molecule has 3 nitrogen and oxygen atoms in total. The van der Waals surface area contributed by atoms with E-state index in [1.807, 2.05) is 42.5 Å². The molecule has 5 heteroatoms. The Kier molecular flexibility index (Phi) is 5.63. The van der Waals surface area contributed by atoms with Gasteiger partial charge < -0.3 is 0 Å². The summed E-state index contributed by atoms with van der Waals surface area (Å²) in [4.78, 5) is 16.8. The lowest BCUT2D eigenvalue weighted by Gasteiger charge is -2.04. The summed E-state index contributed by atoms with van der Waals surface area (Å²) in [6.45, 7) is 2.20. The van der Waals surface area contributed by atoms with Crippen LogP contribution >= 0.6 is 27.3 Å². The minimum absolute atomic E-state index is 0.117. The van der Waals surface area contributed by atoms with Crippen molar-refractivity contribution >= 4 is 48.5 Å². The van der Waals surface area contributed by atoms with Gasteiger partial charge >= 0.3 is 0 Å². The maximum atomic E-state index is 12.4. The summed E-state index contributed by atoms with van der Waals surface area (Å²) < 4.78 is 2.06. The fourth-order valence-corrected chi connectivity index (χ4v) is 3.94. The largest absolute Gasteiger partial charge is 0.298 e. The van der Waals surface area contributed by atoms with Crippen LogP contribution in [0.1, 0.15) is 42.1 Å². The van der Waals surface area contributed by atoms with Crippen LogP contribution in [-0.4, -0.2) is 10.9 Å². The maximum absolute atomic E-state index is 12.4. The van der Waals surface area contributed by atoms with Crippen LogP contribution in [0.2, 0.25) is 0 Å². The number of benzene rings is 2. The highest BCUT2D eigenvalue weighted by molar-refractivity contribution is 9.10. The molecule has 24 heavy (non-hydrogen) atoms. The molecule has 1 amide bonds. The van der Waals surface area contributed by atoms with Crippen LogP contribution in [0.25, 0.3) is 10.2 Å². The van der Waals surface area contributed by atoms with Crippen molar-refractivity contribution in [2.75, 3.05) is 5.32 Å². The first-order valence-corrected chi connectivity index (χ1v) is 9.73. The van der Waals surface area contributed by atoms with Gasteiger partial charge in [0.2, 0.25) is 0 Å². The van der Waals surface area contributed by atoms with Crippen LogP contribution < -0.4 is 5.32 Å². The zero-order chi connectivity index (χ0) is 16.9. The lowest BCUT2D eigenvalue weighted by Crippen LogP contribution is -2.11. The molecule has 0 saturated carbocycles. The van der Waals surface area contributed by atoms with Gasteiger partial charge in [0.05, 0.1) is 10.2 Å². The van der Waals surface area contributed by atoms with Crippen molar-refractivity contribution in [1.29, 1.82) is 0 Å². The smallest absolute Gasteiger partial charge is 0.257 e. The Labute approximate surface area is 154 Å². The molecule has 0 unspecified atom stereocenters. The van der Waals surface area contributed by atoms with E-state index in [-0.39, 0.29) is 5.91 Å². The Morgan fingerprint density at radius 1 is 1.17 bits per heavy atom. The van der Waals surface area contributed by atoms with E-state index in [2.05, 4.69) is 33.2 Å². The van der Waals surface area contributed by atoms with Crippen molar-refractivity contribution in [1.82, 2.24) is 4.98 Å². The predicted octanol–water partition coefficient (Wildman–Crippen LogP) is 6.04. The summed E-state index contributed by atoms with van der Waals surface area (Å²) in [6, 6.07) is 13.8. The Morgan fingerprint density at radius 3 is 2.71 bits per heavy atom. The molecule has 0 fully saturated rings. The van der Waals surface area contributed by atoms with Gasteiger partial charge in [0.15, 0.2) is 5.13 Å². The number of aryl methyl sites for hydroxylation is 1. The molecule has 3 aromatic rings. The number of nitrogens with one attached hydrogen (secondary N) is 1. The molecule has 0 radical (unpaired) electrons. The molecule has 0 atom stereocenters. The summed E-state index contributed by atoms with van der Waals surface area (Å²) in [5, 5.41) is 3.52. The number of nitrogens with zero attached hydrogens (tertiary/aromatic N) is 1. The molecule has 1 heterocycles. The summed E-state index contributed by atoms with van der Waals surface area (Å²) in [5.74, 6) is -0.117. The van der Waals surface area contributed by atoms with Gasteiger partial charge in [0, 0.05) is 10.0 Å². The van der Waals surface area contributed by atoms with Crippen LogP contribution in [0.5, 0.6) is 0 Å². The number of aromatic nitrogens is 1. The average Bonchev–Trinajstić information content (AvgIpc) is 2.97. The number of carbonyl (C=O) groups is 1. The number of unbranched alkanes of at least 4 members (excludes halogenated alkanes) is 2. The lowest BCUT2D eigenvalue weighted by molar-refractivity contribution is 0.102. The molecule has 1 N–H and O–H groups in total. The third-order valence-electron chi connectivity index (χ3n) is 3.86. The normalized spacial score (nSPS) is 10.9. The molecule has 2 aromatic carbocycles. The number of anilines is 1. The number of hydrogen-bond acceptors (Lipinski definition) is 3. The van der Waals surface area contributed by atoms with Gasteiger partial charge in [0.25, 0.3) is 5.91 Å². The summed E-state index contributed by atoms with van der Waals surface area (Å²) in [5.41, 5.74) is 2.84. The van der Waals surface area contributed by atoms with Gasteiger partial charge in [0.1, 0.15) is 0 Å². The quantitative estimate of drug-likeness (QED) is 0.510. The molecule has 0 aliphatic heterocycles. The minimum Gasteiger partial charge on any atom is -0.298 e. The molecule has 0 spiro atoms. The Hall–Kier alpha value is -1.72. The van der Waals surface area contributed by atoms with E-state index in [1.165, 1.54) is 36.2 Å². The standard InChI is InChI=1S/C19H19BrN2OS/c1-2-3-4-5-13-6-8-14(9-7-13)18(23)22-19-21-16-11-10-15(20)12-17(16)24-19/h6-12H,2-5H2,1H3,(H,21,22,23). The molecule has 3 rings (SSSR count). The van der Waals surface area contributed by atoms with Gasteiger partial charge in [-0.1, -0.05) is 59.2 Å². The predicted molar refractivity (Wildman–Crippen MR) is 105 cm³/mol. The molecule has 0 aliphatic carbocycles. The van der Waals surface area contributed by atoms with E-state index in [0.717, 1.165) is 21.1 Å². The van der Waals surface area contributed by atoms with Gasteiger partial charge in [-0.2, -0.15) is 0 Å². The summed E-state index contributed by atoms with van der Waals surface area (Å²) in [7, 11) is 0. The number of carbonyl (C=O) groups excluding carboxylic acids is 1. The van der Waals surface area contributed by atoms with Crippen molar-refractivity contribution in [2.24, 2.45) is 0 Å². The van der Waals surface area contributed by atoms with E-state index in [0.29, 0.717) is 10.7 Å².